The van der Waals surface area contributed by atoms with Gasteiger partial charge in [0.25, 0.3) is 0 Å². The van der Waals surface area contributed by atoms with Crippen molar-refractivity contribution in [3.05, 3.63) is 30.1 Å². The van der Waals surface area contributed by atoms with Crippen molar-refractivity contribution >= 4 is 11.7 Å². The first-order chi connectivity index (χ1) is 9.49. The quantitative estimate of drug-likeness (QED) is 0.834. The van der Waals surface area contributed by atoms with Crippen molar-refractivity contribution in [2.24, 2.45) is 5.92 Å². The van der Waals surface area contributed by atoms with E-state index in [9.17, 15) is 14.3 Å². The molecule has 0 aromatic heterocycles. The van der Waals surface area contributed by atoms with E-state index in [2.05, 4.69) is 0 Å². The molecule has 0 spiro atoms. The number of aliphatic carboxylic acids is 1. The van der Waals surface area contributed by atoms with Crippen molar-refractivity contribution in [3.63, 3.8) is 0 Å². The fourth-order valence-electron chi connectivity index (χ4n) is 2.86. The number of hydrogen-bond acceptors (Lipinski definition) is 3. The van der Waals surface area contributed by atoms with Crippen molar-refractivity contribution in [2.45, 2.75) is 37.8 Å². The van der Waals surface area contributed by atoms with Gasteiger partial charge in [-0.2, -0.15) is 0 Å². The van der Waals surface area contributed by atoms with E-state index in [1.54, 1.807) is 12.1 Å². The fourth-order valence-corrected chi connectivity index (χ4v) is 2.86. The molecule has 0 radical (unpaired) electrons. The van der Waals surface area contributed by atoms with E-state index in [-0.39, 0.29) is 11.9 Å². The number of likely N-dealkylation sites (N-methyl/N-ethyl adjacent to an activating group) is 1. The van der Waals surface area contributed by atoms with Crippen molar-refractivity contribution in [2.75, 3.05) is 11.9 Å². The van der Waals surface area contributed by atoms with Gasteiger partial charge in [-0.3, -0.25) is 4.79 Å². The van der Waals surface area contributed by atoms with Crippen LogP contribution in [0.25, 0.3) is 0 Å². The average Bonchev–Trinajstić information content (AvgIpc) is 2.60. The lowest BCUT2D eigenvalue weighted by atomic mass is 10.0. The lowest BCUT2D eigenvalue weighted by Crippen LogP contribution is -2.40. The molecule has 0 bridgehead atoms. The van der Waals surface area contributed by atoms with Gasteiger partial charge in [-0.05, 0) is 43.9 Å². The number of nitrogens with zero attached hydrogens (tertiary/aromatic N) is 1. The predicted octanol–water partition coefficient (Wildman–Crippen LogP) is 2.27. The van der Waals surface area contributed by atoms with Crippen LogP contribution in [0.15, 0.2) is 24.3 Å². The minimum absolute atomic E-state index is 0.179. The number of carbonyl (C=O) groups is 1. The van der Waals surface area contributed by atoms with E-state index in [4.69, 9.17) is 5.11 Å². The molecule has 0 heterocycles. The number of aliphatic hydroxyl groups excluding tert-OH is 1. The summed E-state index contributed by atoms with van der Waals surface area (Å²) in [4.78, 5) is 12.9. The Kier molecular flexibility index (Phi) is 4.60. The number of aliphatic hydroxyl groups is 1. The molecule has 0 aliphatic heterocycles. The van der Waals surface area contributed by atoms with Gasteiger partial charge < -0.3 is 15.1 Å². The Morgan fingerprint density at radius 3 is 2.65 bits per heavy atom. The molecular formula is C15H20FNO3. The van der Waals surface area contributed by atoms with Crippen LogP contribution >= 0.6 is 0 Å². The lowest BCUT2D eigenvalue weighted by Gasteiger charge is -2.32. The van der Waals surface area contributed by atoms with Crippen LogP contribution in [0.1, 0.15) is 25.7 Å². The van der Waals surface area contributed by atoms with E-state index in [0.717, 1.165) is 0 Å². The van der Waals surface area contributed by atoms with E-state index in [0.29, 0.717) is 31.4 Å². The van der Waals surface area contributed by atoms with Crippen LogP contribution in [0.4, 0.5) is 10.1 Å². The maximum absolute atomic E-state index is 13.3. The number of carboxylic acids is 1. The van der Waals surface area contributed by atoms with Crippen LogP contribution in [-0.2, 0) is 4.79 Å². The van der Waals surface area contributed by atoms with Gasteiger partial charge in [-0.15, -0.1) is 0 Å². The summed E-state index contributed by atoms with van der Waals surface area (Å²) in [6.45, 7) is 0. The van der Waals surface area contributed by atoms with Crippen molar-refractivity contribution in [1.82, 2.24) is 0 Å². The van der Waals surface area contributed by atoms with Crippen molar-refractivity contribution in [1.29, 1.82) is 0 Å². The second-order valence-electron chi connectivity index (χ2n) is 5.42. The average molecular weight is 281 g/mol. The first-order valence-corrected chi connectivity index (χ1v) is 6.88. The van der Waals surface area contributed by atoms with Crippen molar-refractivity contribution in [3.8, 4) is 0 Å². The second kappa shape index (κ2) is 6.22. The molecule has 5 heteroatoms. The van der Waals surface area contributed by atoms with E-state index in [1.165, 1.54) is 12.1 Å². The third-order valence-electron chi connectivity index (χ3n) is 4.13. The number of halogens is 1. The van der Waals surface area contributed by atoms with E-state index in [1.807, 2.05) is 11.9 Å². The van der Waals surface area contributed by atoms with Crippen LogP contribution in [-0.4, -0.2) is 35.4 Å². The minimum atomic E-state index is -0.800. The second-order valence-corrected chi connectivity index (χ2v) is 5.42. The van der Waals surface area contributed by atoms with Gasteiger partial charge in [0.15, 0.2) is 0 Å². The van der Waals surface area contributed by atoms with Crippen LogP contribution in [0.2, 0.25) is 0 Å². The van der Waals surface area contributed by atoms with E-state index < -0.39 is 18.0 Å². The molecule has 20 heavy (non-hydrogen) atoms. The molecule has 1 aliphatic carbocycles. The molecule has 3 atom stereocenters. The Hall–Kier alpha value is -1.62. The standard InChI is InChI=1S/C15H20FNO3/c1-17(12-4-2-3-11(16)9-12)13-7-5-10(15(19)20)6-8-14(13)18/h2-4,9-10,13-14,18H,5-8H2,1H3,(H,19,20)/t10-,13+,14+/m1/s1. The Balaban J connectivity index is 2.12. The van der Waals surface area contributed by atoms with Crippen LogP contribution in [0.5, 0.6) is 0 Å². The monoisotopic (exact) mass is 281 g/mol. The highest BCUT2D eigenvalue weighted by Crippen LogP contribution is 2.29. The molecule has 1 fully saturated rings. The van der Waals surface area contributed by atoms with Crippen molar-refractivity contribution < 1.29 is 19.4 Å². The number of benzene rings is 1. The molecule has 0 unspecified atom stereocenters. The third kappa shape index (κ3) is 3.28. The largest absolute Gasteiger partial charge is 0.481 e. The highest BCUT2D eigenvalue weighted by atomic mass is 19.1. The molecule has 110 valence electrons. The first kappa shape index (κ1) is 14.8. The molecule has 4 nitrogen and oxygen atoms in total. The first-order valence-electron chi connectivity index (χ1n) is 6.88. The maximum Gasteiger partial charge on any atom is 0.306 e. The smallest absolute Gasteiger partial charge is 0.306 e. The maximum atomic E-state index is 13.3. The summed E-state index contributed by atoms with van der Waals surface area (Å²) in [5, 5.41) is 19.3. The molecule has 0 saturated heterocycles. The zero-order valence-corrected chi connectivity index (χ0v) is 11.5. The van der Waals surface area contributed by atoms with Gasteiger partial charge in [-0.1, -0.05) is 6.07 Å². The Bertz CT molecular complexity index is 480. The van der Waals surface area contributed by atoms with Crippen LogP contribution in [0, 0.1) is 11.7 Å². The van der Waals surface area contributed by atoms with Crippen LogP contribution < -0.4 is 4.90 Å². The van der Waals surface area contributed by atoms with Gasteiger partial charge in [0.1, 0.15) is 5.82 Å². The lowest BCUT2D eigenvalue weighted by molar-refractivity contribution is -0.142. The zero-order valence-electron chi connectivity index (χ0n) is 11.5. The molecule has 0 amide bonds. The van der Waals surface area contributed by atoms with E-state index >= 15 is 0 Å². The minimum Gasteiger partial charge on any atom is -0.481 e. The Labute approximate surface area is 117 Å². The summed E-state index contributed by atoms with van der Waals surface area (Å²) in [5.74, 6) is -1.51. The zero-order chi connectivity index (χ0) is 14.7. The van der Waals surface area contributed by atoms with Gasteiger partial charge in [0, 0.05) is 12.7 Å². The fraction of sp³-hybridized carbons (Fsp3) is 0.533. The Morgan fingerprint density at radius 1 is 1.30 bits per heavy atom. The number of rotatable bonds is 3. The Morgan fingerprint density at radius 2 is 2.00 bits per heavy atom. The van der Waals surface area contributed by atoms with Crippen LogP contribution in [0.3, 0.4) is 0 Å². The van der Waals surface area contributed by atoms with Gasteiger partial charge in [0.2, 0.25) is 0 Å². The normalized spacial score (nSPS) is 26.9. The molecule has 1 saturated carbocycles. The number of anilines is 1. The molecule has 1 aliphatic rings. The van der Waals surface area contributed by atoms with Gasteiger partial charge >= 0.3 is 5.97 Å². The molecule has 2 N–H and O–H groups in total. The summed E-state index contributed by atoms with van der Waals surface area (Å²) in [6, 6.07) is 6.04. The molecule has 1 aromatic rings. The summed E-state index contributed by atoms with van der Waals surface area (Å²) >= 11 is 0. The molecular weight excluding hydrogens is 261 g/mol. The highest BCUT2D eigenvalue weighted by molar-refractivity contribution is 5.70. The number of carboxylic acid groups (broad SMARTS) is 1. The molecule has 2 rings (SSSR count). The number of hydrogen-bond donors (Lipinski definition) is 2. The predicted molar refractivity (Wildman–Crippen MR) is 74.2 cm³/mol. The topological polar surface area (TPSA) is 60.8 Å². The summed E-state index contributed by atoms with van der Waals surface area (Å²) in [7, 11) is 1.81. The summed E-state index contributed by atoms with van der Waals surface area (Å²) in [5.41, 5.74) is 0.697. The van der Waals surface area contributed by atoms with Gasteiger partial charge in [0.05, 0.1) is 18.1 Å². The summed E-state index contributed by atoms with van der Waals surface area (Å²) < 4.78 is 13.3. The third-order valence-corrected chi connectivity index (χ3v) is 4.13. The molecule has 1 aromatic carbocycles. The SMILES string of the molecule is CN(c1cccc(F)c1)[C@H]1CC[C@@H](C(=O)O)CC[C@@H]1O. The highest BCUT2D eigenvalue weighted by Gasteiger charge is 2.31. The summed E-state index contributed by atoms with van der Waals surface area (Å²) in [6.07, 6.45) is 1.49. The van der Waals surface area contributed by atoms with Gasteiger partial charge in [-0.25, -0.2) is 4.39 Å².